The van der Waals surface area contributed by atoms with Gasteiger partial charge in [-0.2, -0.15) is 5.10 Å². The molecule has 1 aromatic heterocycles. The van der Waals surface area contributed by atoms with Gasteiger partial charge >= 0.3 is 18.1 Å². The van der Waals surface area contributed by atoms with Crippen LogP contribution in [0.2, 0.25) is 0 Å². The molecule has 3 amide bonds. The zero-order chi connectivity index (χ0) is 41.2. The van der Waals surface area contributed by atoms with Crippen molar-refractivity contribution in [3.8, 4) is 11.4 Å². The Balaban J connectivity index is 1.12. The first-order valence-electron chi connectivity index (χ1n) is 18.3. The maximum atomic E-state index is 15.5. The van der Waals surface area contributed by atoms with E-state index in [2.05, 4.69) is 20.6 Å². The van der Waals surface area contributed by atoms with E-state index in [1.807, 2.05) is 30.9 Å². The van der Waals surface area contributed by atoms with E-state index in [-0.39, 0.29) is 37.9 Å². The number of aromatic nitrogens is 4. The molecular weight excluding hydrogens is 742 g/mol. The predicted molar refractivity (Wildman–Crippen MR) is 204 cm³/mol. The topological polar surface area (TPSA) is 162 Å². The summed E-state index contributed by atoms with van der Waals surface area (Å²) < 4.78 is 42.1. The third-order valence-electron chi connectivity index (χ3n) is 9.71. The maximum Gasteiger partial charge on any atom is 0.410 e. The maximum absolute atomic E-state index is 15.5. The van der Waals surface area contributed by atoms with Gasteiger partial charge in [0.2, 0.25) is 0 Å². The predicted octanol–water partition coefficient (Wildman–Crippen LogP) is 4.57. The summed E-state index contributed by atoms with van der Waals surface area (Å²) in [7, 11) is 1.46. The minimum atomic E-state index is -2.02. The second-order valence-electron chi connectivity index (χ2n) is 15.3. The van der Waals surface area contributed by atoms with Gasteiger partial charge in [-0.25, -0.2) is 27.8 Å². The molecule has 3 aromatic carbocycles. The molecule has 0 saturated carbocycles. The number of carbonyl (C=O) groups is 3. The molecule has 0 unspecified atom stereocenters. The number of aliphatic hydroxyl groups is 1. The van der Waals surface area contributed by atoms with Gasteiger partial charge in [-0.3, -0.25) is 9.91 Å². The number of anilines is 1. The number of tetrazole rings is 1. The van der Waals surface area contributed by atoms with E-state index in [1.54, 1.807) is 68.2 Å². The lowest BCUT2D eigenvalue weighted by Crippen LogP contribution is -2.55. The first kappa shape index (κ1) is 40.5. The quantitative estimate of drug-likeness (QED) is 0.158. The molecule has 2 aliphatic heterocycles. The van der Waals surface area contributed by atoms with Crippen molar-refractivity contribution in [2.75, 3.05) is 44.8 Å². The zero-order valence-electron chi connectivity index (χ0n) is 32.9. The van der Waals surface area contributed by atoms with E-state index in [0.29, 0.717) is 47.4 Å². The lowest BCUT2D eigenvalue weighted by atomic mass is 9.85. The normalized spacial score (nSPS) is 15.9. The molecule has 302 valence electrons. The monoisotopic (exact) mass is 788 g/mol. The van der Waals surface area contributed by atoms with Crippen molar-refractivity contribution < 1.29 is 37.7 Å². The Morgan fingerprint density at radius 1 is 1.00 bits per heavy atom. The number of aryl methyl sites for hydroxylation is 2. The van der Waals surface area contributed by atoms with Crippen molar-refractivity contribution in [3.63, 3.8) is 0 Å². The second-order valence-corrected chi connectivity index (χ2v) is 15.3. The minimum absolute atomic E-state index is 0.171. The summed E-state index contributed by atoms with van der Waals surface area (Å²) in [5.74, 6) is -1.99. The summed E-state index contributed by atoms with van der Waals surface area (Å²) in [6, 6.07) is 12.4. The number of carbonyl (C=O) groups excluding carboxylic acids is 3. The lowest BCUT2D eigenvalue weighted by molar-refractivity contribution is -0.135. The number of urea groups is 1. The smallest absolute Gasteiger partial charge is 0.410 e. The first-order valence-corrected chi connectivity index (χ1v) is 18.3. The highest BCUT2D eigenvalue weighted by Gasteiger charge is 2.47. The summed E-state index contributed by atoms with van der Waals surface area (Å²) in [5, 5.41) is 29.7. The van der Waals surface area contributed by atoms with Gasteiger partial charge in [0, 0.05) is 44.0 Å². The van der Waals surface area contributed by atoms with Gasteiger partial charge in [0.25, 0.3) is 0 Å². The number of nitrogens with zero attached hydrogens (tertiary/aromatic N) is 10. The Morgan fingerprint density at radius 3 is 2.32 bits per heavy atom. The molecule has 2 atom stereocenters. The van der Waals surface area contributed by atoms with Crippen LogP contribution in [-0.2, 0) is 21.7 Å². The largest absolute Gasteiger partial charge is 0.444 e. The number of hydrogen-bond donors (Lipinski definition) is 1. The zero-order valence-corrected chi connectivity index (χ0v) is 32.9. The van der Waals surface area contributed by atoms with Crippen molar-refractivity contribution in [2.45, 2.75) is 65.3 Å². The number of hydrazone groups is 1. The fourth-order valence-corrected chi connectivity index (χ4v) is 6.92. The fraction of sp³-hybridized carbons (Fsp3) is 0.410. The molecule has 0 spiro atoms. The number of ether oxygens (including phenoxy) is 2. The van der Waals surface area contributed by atoms with Gasteiger partial charge in [0.15, 0.2) is 0 Å². The molecular formula is C39H46F2N10O6. The summed E-state index contributed by atoms with van der Waals surface area (Å²) >= 11 is 0. The molecule has 4 aromatic rings. The fourth-order valence-electron chi connectivity index (χ4n) is 6.92. The van der Waals surface area contributed by atoms with Crippen LogP contribution in [0.5, 0.6) is 5.75 Å². The number of amides is 3. The van der Waals surface area contributed by atoms with Crippen LogP contribution in [0.3, 0.4) is 0 Å². The molecule has 0 bridgehead atoms. The van der Waals surface area contributed by atoms with Crippen LogP contribution in [-0.4, -0.2) is 121 Å². The number of likely N-dealkylation sites (N-methyl/N-ethyl adjacent to an activating group) is 1. The Bertz CT molecular complexity index is 2120. The summed E-state index contributed by atoms with van der Waals surface area (Å²) in [6.45, 7) is 11.1. The Kier molecular flexibility index (Phi) is 11.5. The van der Waals surface area contributed by atoms with Crippen LogP contribution < -0.4 is 9.64 Å². The molecule has 6 rings (SSSR count). The van der Waals surface area contributed by atoms with Crippen LogP contribution in [0.25, 0.3) is 5.69 Å². The van der Waals surface area contributed by atoms with Gasteiger partial charge in [-0.15, -0.1) is 5.10 Å². The molecule has 1 saturated heterocycles. The number of benzene rings is 3. The lowest BCUT2D eigenvalue weighted by Gasteiger charge is -2.41. The van der Waals surface area contributed by atoms with Gasteiger partial charge in [0.05, 0.1) is 18.3 Å². The van der Waals surface area contributed by atoms with Gasteiger partial charge < -0.3 is 29.3 Å². The third-order valence-corrected chi connectivity index (χ3v) is 9.71. The Hall–Kier alpha value is -6.17. The Morgan fingerprint density at radius 2 is 1.68 bits per heavy atom. The third kappa shape index (κ3) is 9.12. The van der Waals surface area contributed by atoms with E-state index in [1.165, 1.54) is 29.0 Å². The molecule has 0 aliphatic carbocycles. The molecule has 2 aliphatic rings. The number of halogens is 2. The molecule has 1 fully saturated rings. The summed E-state index contributed by atoms with van der Waals surface area (Å²) in [5.41, 5.74) is 0.707. The number of hydrogen-bond acceptors (Lipinski definition) is 12. The van der Waals surface area contributed by atoms with Gasteiger partial charge in [-0.05, 0) is 99.0 Å². The van der Waals surface area contributed by atoms with E-state index in [9.17, 15) is 23.9 Å². The minimum Gasteiger partial charge on any atom is -0.444 e. The summed E-state index contributed by atoms with van der Waals surface area (Å²) in [4.78, 5) is 45.0. The van der Waals surface area contributed by atoms with Crippen molar-refractivity contribution >= 4 is 30.1 Å². The molecule has 1 N–H and O–H groups in total. The van der Waals surface area contributed by atoms with E-state index in [4.69, 9.17) is 9.47 Å². The number of β-amino-alcohol motifs (C(OH)–C–C–N with tert-alkyl or cyclic N) is 1. The van der Waals surface area contributed by atoms with E-state index >= 15 is 4.39 Å². The van der Waals surface area contributed by atoms with Crippen molar-refractivity contribution in [1.29, 1.82) is 0 Å². The summed E-state index contributed by atoms with van der Waals surface area (Å²) in [6.07, 6.45) is 2.41. The average molecular weight is 789 g/mol. The Labute approximate surface area is 328 Å². The van der Waals surface area contributed by atoms with Crippen LogP contribution >= 0.6 is 0 Å². The van der Waals surface area contributed by atoms with E-state index in [0.717, 1.165) is 16.5 Å². The molecule has 16 nitrogen and oxygen atoms in total. The van der Waals surface area contributed by atoms with Gasteiger partial charge in [-0.1, -0.05) is 18.2 Å². The van der Waals surface area contributed by atoms with Crippen molar-refractivity contribution in [3.05, 3.63) is 94.8 Å². The number of rotatable bonds is 12. The van der Waals surface area contributed by atoms with Crippen LogP contribution in [0.4, 0.5) is 24.1 Å². The van der Waals surface area contributed by atoms with Crippen molar-refractivity contribution in [1.82, 2.24) is 39.9 Å². The van der Waals surface area contributed by atoms with E-state index < -0.39 is 40.9 Å². The van der Waals surface area contributed by atoms with Gasteiger partial charge in [0.1, 0.15) is 54.5 Å². The SMILES string of the molecule is Cc1cc(CN2C=NN(C[C@](O)(c3ccc(F)cc3F)[C@@H](C)N3CCN(c4ccc(-n5cnnn5)cc4)C3=O)C2)cc(C)c1OC(=O)CN(C)C(=O)OC(C)(C)C. The average Bonchev–Trinajstić information content (AvgIpc) is 3.91. The highest BCUT2D eigenvalue weighted by Crippen LogP contribution is 2.35. The highest BCUT2D eigenvalue weighted by molar-refractivity contribution is 5.94. The van der Waals surface area contributed by atoms with Crippen LogP contribution in [0.15, 0.2) is 66.0 Å². The first-order chi connectivity index (χ1) is 26.9. The molecule has 18 heteroatoms. The molecule has 57 heavy (non-hydrogen) atoms. The molecule has 3 heterocycles. The van der Waals surface area contributed by atoms with Crippen LogP contribution in [0, 0.1) is 25.5 Å². The van der Waals surface area contributed by atoms with Crippen LogP contribution in [0.1, 0.15) is 49.9 Å². The second kappa shape index (κ2) is 16.1. The standard InChI is InChI=1S/C39H46F2N10O6/c1-25-16-28(17-26(2)35(25)56-34(52)20-46(7)37(54)57-38(4,5)6)19-47-23-43-48(24-47)21-39(55,32-13-8-29(40)18-33(32)41)27(3)49-14-15-50(36(49)53)30-9-11-31(12-10-30)51-22-42-44-45-51/h8-13,16-18,22-23,27,55H,14-15,19-21,24H2,1-7H3/t27-,39-/m1/s1. The highest BCUT2D eigenvalue weighted by atomic mass is 19.1. The molecule has 0 radical (unpaired) electrons. The number of esters is 1. The van der Waals surface area contributed by atoms with Crippen molar-refractivity contribution in [2.24, 2.45) is 5.10 Å².